The molecule has 1 aromatic heterocycles. The molecule has 0 radical (unpaired) electrons. The molecule has 12 heteroatoms. The molecule has 238 valence electrons. The van der Waals surface area contributed by atoms with Crippen molar-refractivity contribution >= 4 is 41.2 Å². The second-order valence-corrected chi connectivity index (χ2v) is 11.8. The normalized spacial score (nSPS) is 17.7. The number of nitrogens with zero attached hydrogens (tertiary/aromatic N) is 4. The van der Waals surface area contributed by atoms with Gasteiger partial charge in [0, 0.05) is 73.7 Å². The van der Waals surface area contributed by atoms with Crippen LogP contribution in [0.5, 0.6) is 0 Å². The lowest BCUT2D eigenvalue weighted by atomic mass is 9.98. The van der Waals surface area contributed by atoms with Crippen molar-refractivity contribution in [2.75, 3.05) is 38.5 Å². The fourth-order valence-corrected chi connectivity index (χ4v) is 6.31. The van der Waals surface area contributed by atoms with Crippen molar-refractivity contribution in [3.05, 3.63) is 70.6 Å². The highest BCUT2D eigenvalue weighted by molar-refractivity contribution is 5.92. The quantitative estimate of drug-likeness (QED) is 0.194. The summed E-state index contributed by atoms with van der Waals surface area (Å²) < 4.78 is 0. The van der Waals surface area contributed by atoms with E-state index in [1.165, 1.54) is 11.8 Å². The minimum atomic E-state index is -0.310. The molecule has 2 aromatic carbocycles. The van der Waals surface area contributed by atoms with Crippen LogP contribution >= 0.6 is 0 Å². The van der Waals surface area contributed by atoms with Crippen molar-refractivity contribution in [2.24, 2.45) is 5.73 Å². The van der Waals surface area contributed by atoms with Gasteiger partial charge in [-0.15, -0.1) is 0 Å². The van der Waals surface area contributed by atoms with Crippen LogP contribution in [0.15, 0.2) is 53.9 Å². The first-order valence-electron chi connectivity index (χ1n) is 15.6. The molecule has 1 fully saturated rings. The Kier molecular flexibility index (Phi) is 10.1. The van der Waals surface area contributed by atoms with Crippen molar-refractivity contribution in [2.45, 2.75) is 57.7 Å². The number of fused-ring (bicyclic) bond motifs is 2. The molecule has 0 bridgehead atoms. The molecule has 0 saturated carbocycles. The average Bonchev–Trinajstić information content (AvgIpc) is 3.55. The summed E-state index contributed by atoms with van der Waals surface area (Å²) in [6.45, 7) is 5.25. The number of hydrogen-bond donors (Lipinski definition) is 5. The lowest BCUT2D eigenvalue weighted by Gasteiger charge is -2.39. The molecule has 0 spiro atoms. The van der Waals surface area contributed by atoms with E-state index in [-0.39, 0.29) is 24.0 Å². The van der Waals surface area contributed by atoms with Crippen molar-refractivity contribution in [3.8, 4) is 0 Å². The van der Waals surface area contributed by atoms with E-state index in [0.29, 0.717) is 38.2 Å². The van der Waals surface area contributed by atoms with Gasteiger partial charge in [-0.1, -0.05) is 31.2 Å². The second-order valence-electron chi connectivity index (χ2n) is 11.8. The van der Waals surface area contributed by atoms with Crippen LogP contribution < -0.4 is 16.4 Å². The maximum atomic E-state index is 13.0. The van der Waals surface area contributed by atoms with Gasteiger partial charge in [-0.3, -0.25) is 14.7 Å². The zero-order chi connectivity index (χ0) is 31.9. The van der Waals surface area contributed by atoms with Crippen LogP contribution in [0.4, 0.5) is 10.5 Å². The number of benzene rings is 2. The lowest BCUT2D eigenvalue weighted by Crippen LogP contribution is -2.49. The average molecular weight is 614 g/mol. The largest absolute Gasteiger partial charge is 0.402 e. The molecular weight excluding hydrogens is 570 g/mol. The van der Waals surface area contributed by atoms with E-state index in [0.717, 1.165) is 72.1 Å². The van der Waals surface area contributed by atoms with Crippen molar-refractivity contribution < 1.29 is 14.4 Å². The first-order valence-corrected chi connectivity index (χ1v) is 15.6. The molecule has 4 heterocycles. The number of rotatable bonds is 8. The summed E-state index contributed by atoms with van der Waals surface area (Å²) in [6, 6.07) is 12.0. The van der Waals surface area contributed by atoms with Crippen LogP contribution in [0.1, 0.15) is 42.9 Å². The number of aromatic nitrogens is 2. The Morgan fingerprint density at radius 2 is 1.98 bits per heavy atom. The van der Waals surface area contributed by atoms with E-state index in [4.69, 9.17) is 11.1 Å². The van der Waals surface area contributed by atoms with Crippen LogP contribution in [-0.2, 0) is 29.0 Å². The molecule has 6 N–H and O–H groups in total. The molecule has 3 aliphatic rings. The molecule has 1 saturated heterocycles. The number of nitrogens with two attached hydrogens (primary N) is 1. The second kappa shape index (κ2) is 14.4. The first-order chi connectivity index (χ1) is 21.8. The Morgan fingerprint density at radius 1 is 1.20 bits per heavy atom. The zero-order valence-electron chi connectivity index (χ0n) is 26.0. The van der Waals surface area contributed by atoms with Gasteiger partial charge in [-0.05, 0) is 61.6 Å². The third-order valence-electron chi connectivity index (χ3n) is 9.02. The molecular formula is C33H43N9O3. The summed E-state index contributed by atoms with van der Waals surface area (Å²) in [5.74, 6) is 0.0460. The summed E-state index contributed by atoms with van der Waals surface area (Å²) in [4.78, 5) is 41.3. The van der Waals surface area contributed by atoms with Gasteiger partial charge >= 0.3 is 6.03 Å². The van der Waals surface area contributed by atoms with E-state index in [1.807, 2.05) is 42.4 Å². The van der Waals surface area contributed by atoms with E-state index in [9.17, 15) is 14.4 Å². The molecule has 1 atom stereocenters. The van der Waals surface area contributed by atoms with Crippen molar-refractivity contribution in [3.63, 3.8) is 0 Å². The maximum absolute atomic E-state index is 13.0. The van der Waals surface area contributed by atoms with Crippen LogP contribution in [0.2, 0.25) is 0 Å². The Morgan fingerprint density at radius 3 is 2.69 bits per heavy atom. The van der Waals surface area contributed by atoms with Crippen LogP contribution in [0, 0.1) is 5.41 Å². The van der Waals surface area contributed by atoms with Gasteiger partial charge in [-0.25, -0.2) is 4.79 Å². The van der Waals surface area contributed by atoms with Gasteiger partial charge in [0.25, 0.3) is 0 Å². The number of anilines is 1. The topological polar surface area (TPSA) is 164 Å². The molecule has 0 aliphatic carbocycles. The highest BCUT2D eigenvalue weighted by Crippen LogP contribution is 2.27. The third-order valence-corrected chi connectivity index (χ3v) is 9.02. The fraction of sp³-hybridized carbons (Fsp3) is 0.424. The predicted octanol–water partition coefficient (Wildman–Crippen LogP) is 3.01. The summed E-state index contributed by atoms with van der Waals surface area (Å²) >= 11 is 0. The Bertz CT molecular complexity index is 1570. The summed E-state index contributed by atoms with van der Waals surface area (Å²) in [5, 5.41) is 21.8. The van der Waals surface area contributed by atoms with Crippen LogP contribution in [-0.4, -0.2) is 94.8 Å². The van der Waals surface area contributed by atoms with E-state index >= 15 is 0 Å². The predicted molar refractivity (Wildman–Crippen MR) is 175 cm³/mol. The highest BCUT2D eigenvalue weighted by atomic mass is 16.2. The first kappa shape index (κ1) is 31.7. The van der Waals surface area contributed by atoms with E-state index in [2.05, 4.69) is 39.9 Å². The number of urea groups is 1. The molecule has 45 heavy (non-hydrogen) atoms. The number of carbonyl (C=O) groups excluding carboxylic acids is 3. The van der Waals surface area contributed by atoms with Crippen molar-refractivity contribution in [1.29, 1.82) is 5.41 Å². The minimum Gasteiger partial charge on any atom is -0.402 e. The molecule has 6 rings (SSSR count). The number of aromatic amines is 1. The van der Waals surface area contributed by atoms with Gasteiger partial charge in [0.2, 0.25) is 12.3 Å². The number of nitrogens with one attached hydrogen (secondary N) is 4. The number of hydrogen-bond acceptors (Lipinski definition) is 7. The fourth-order valence-electron chi connectivity index (χ4n) is 6.31. The van der Waals surface area contributed by atoms with Gasteiger partial charge in [0.1, 0.15) is 0 Å². The van der Waals surface area contributed by atoms with Gasteiger partial charge < -0.3 is 36.5 Å². The zero-order valence-corrected chi connectivity index (χ0v) is 26.0. The summed E-state index contributed by atoms with van der Waals surface area (Å²) in [7, 11) is 1.81. The molecule has 4 amide bonds. The molecule has 12 nitrogen and oxygen atoms in total. The summed E-state index contributed by atoms with van der Waals surface area (Å²) in [6.07, 6.45) is 7.81. The number of aryl methyl sites for hydroxylation is 1. The minimum absolute atomic E-state index is 0.0248. The number of likely N-dealkylation sites (N-methyl/N-ethyl adjacent to an activating group) is 1. The molecule has 1 unspecified atom stereocenters. The maximum Gasteiger partial charge on any atom is 0.322 e. The Balaban J connectivity index is 0.000000186. The van der Waals surface area contributed by atoms with Crippen molar-refractivity contribution in [1.82, 2.24) is 30.2 Å². The number of likely N-dealkylation sites (tertiary alicyclic amines) is 1. The number of para-hydroxylation sites is 1. The molecule has 3 aromatic rings. The number of amides is 4. The molecule has 3 aliphatic heterocycles. The van der Waals surface area contributed by atoms with Gasteiger partial charge in [0.15, 0.2) is 0 Å². The van der Waals surface area contributed by atoms with E-state index in [1.54, 1.807) is 9.80 Å². The lowest BCUT2D eigenvalue weighted by molar-refractivity contribution is -0.133. The Hall–Kier alpha value is -4.71. The Labute approximate surface area is 263 Å². The SMILES string of the molecule is CCc1cc(CC(NC)C(=O)N2CCC(N)=C(C=N)C2)cc2cn[nH]c12.O=CN1CCC(N2Cc3ccccc3NC2=O)CC1. The van der Waals surface area contributed by atoms with Gasteiger partial charge in [0.05, 0.1) is 17.8 Å². The smallest absolute Gasteiger partial charge is 0.322 e. The van der Waals surface area contributed by atoms with E-state index < -0.39 is 0 Å². The van der Waals surface area contributed by atoms with Crippen LogP contribution in [0.25, 0.3) is 10.9 Å². The number of piperidine rings is 1. The van der Waals surface area contributed by atoms with Gasteiger partial charge in [-0.2, -0.15) is 5.10 Å². The number of H-pyrrole nitrogens is 1. The number of carbonyl (C=O) groups is 3. The third kappa shape index (κ3) is 7.17. The standard InChI is InChI=1S/C19H26N6O.C14H17N3O2/c1-3-13-6-12(7-14-10-23-24-18(13)14)8-17(22-2)19(26)25-5-4-16(21)15(9-20)11-25;18-10-16-7-5-12(6-8-16)17-9-11-3-1-2-4-13(11)15-14(17)19/h6-7,9-10,17,20,22H,3-5,8,11,21H2,1-2H3,(H,23,24);1-4,10,12H,5-9H2,(H,15,19). The highest BCUT2D eigenvalue weighted by Gasteiger charge is 2.31. The van der Waals surface area contributed by atoms with Crippen LogP contribution in [0.3, 0.4) is 0 Å². The monoisotopic (exact) mass is 613 g/mol. The summed E-state index contributed by atoms with van der Waals surface area (Å²) in [5.41, 5.74) is 12.8.